The molecule has 0 saturated heterocycles. The Hall–Kier alpha value is -1.10. The molecule has 0 unspecified atom stereocenters. The second-order valence-corrected chi connectivity index (χ2v) is 7.39. The molecule has 2 rings (SSSR count). The Kier molecular flexibility index (Phi) is 6.03. The highest BCUT2D eigenvalue weighted by Crippen LogP contribution is 2.36. The van der Waals surface area contributed by atoms with Crippen LogP contribution in [0.3, 0.4) is 0 Å². The molecule has 0 radical (unpaired) electrons. The zero-order valence-corrected chi connectivity index (χ0v) is 14.4. The van der Waals surface area contributed by atoms with Gasteiger partial charge in [-0.3, -0.25) is 4.99 Å². The number of rotatable bonds is 6. The molecule has 0 aliphatic heterocycles. The van der Waals surface area contributed by atoms with Crippen LogP contribution in [0.15, 0.2) is 11.2 Å². The summed E-state index contributed by atoms with van der Waals surface area (Å²) >= 11 is 1.81. The van der Waals surface area contributed by atoms with Crippen LogP contribution in [0.25, 0.3) is 0 Å². The van der Waals surface area contributed by atoms with E-state index in [1.807, 2.05) is 24.6 Å². The fraction of sp³-hybridized carbons (Fsp3) is 0.750. The summed E-state index contributed by atoms with van der Waals surface area (Å²) in [6, 6.07) is 0. The minimum Gasteiger partial charge on any atom is -0.356 e. The van der Waals surface area contributed by atoms with Crippen molar-refractivity contribution in [2.24, 2.45) is 10.4 Å². The normalized spacial score (nSPS) is 18.0. The van der Waals surface area contributed by atoms with Gasteiger partial charge in [-0.15, -0.1) is 11.3 Å². The van der Waals surface area contributed by atoms with Crippen LogP contribution in [0.4, 0.5) is 0 Å². The first kappa shape index (κ1) is 16.3. The molecule has 4 nitrogen and oxygen atoms in total. The van der Waals surface area contributed by atoms with Gasteiger partial charge in [0, 0.05) is 37.6 Å². The molecule has 1 aliphatic carbocycles. The Morgan fingerprint density at radius 2 is 2.14 bits per heavy atom. The summed E-state index contributed by atoms with van der Waals surface area (Å²) < 4.78 is 0. The van der Waals surface area contributed by atoms with E-state index in [4.69, 9.17) is 0 Å². The number of guanidine groups is 1. The lowest BCUT2D eigenvalue weighted by Gasteiger charge is -2.25. The predicted octanol–water partition coefficient (Wildman–Crippen LogP) is 2.99. The molecule has 1 heterocycles. The average molecular weight is 308 g/mol. The van der Waals surface area contributed by atoms with E-state index in [0.717, 1.165) is 31.9 Å². The summed E-state index contributed by atoms with van der Waals surface area (Å²) in [6.45, 7) is 6.45. The van der Waals surface area contributed by atoms with Crippen molar-refractivity contribution in [3.8, 4) is 0 Å². The Bertz CT molecular complexity index is 461. The number of hydrogen-bond donors (Lipinski definition) is 2. The van der Waals surface area contributed by atoms with E-state index in [0.29, 0.717) is 5.41 Å². The molecule has 0 bridgehead atoms. The quantitative estimate of drug-likeness (QED) is 0.627. The first-order chi connectivity index (χ1) is 10.1. The Morgan fingerprint density at radius 3 is 2.76 bits per heavy atom. The average Bonchev–Trinajstić information content (AvgIpc) is 3.12. The van der Waals surface area contributed by atoms with Gasteiger partial charge in [-0.05, 0) is 24.7 Å². The van der Waals surface area contributed by atoms with E-state index < -0.39 is 0 Å². The van der Waals surface area contributed by atoms with E-state index in [1.165, 1.54) is 35.6 Å². The molecule has 1 fully saturated rings. The Balaban J connectivity index is 1.70. The molecule has 5 heteroatoms. The fourth-order valence-electron chi connectivity index (χ4n) is 2.84. The zero-order valence-electron chi connectivity index (χ0n) is 13.5. The third kappa shape index (κ3) is 4.99. The van der Waals surface area contributed by atoms with Gasteiger partial charge in [0.05, 0.1) is 5.01 Å². The van der Waals surface area contributed by atoms with Crippen molar-refractivity contribution in [3.05, 3.63) is 16.1 Å². The highest BCUT2D eigenvalue weighted by Gasteiger charge is 2.28. The smallest absolute Gasteiger partial charge is 0.191 e. The summed E-state index contributed by atoms with van der Waals surface area (Å²) in [7, 11) is 1.84. The van der Waals surface area contributed by atoms with Crippen LogP contribution in [-0.2, 0) is 12.8 Å². The predicted molar refractivity (Wildman–Crippen MR) is 91.1 cm³/mol. The monoisotopic (exact) mass is 308 g/mol. The standard InChI is InChI=1S/C16H28N4S/c1-4-13-11-19-14(21-13)7-10-18-15(17-3)20-12-16(2)8-5-6-9-16/h11H,4-10,12H2,1-3H3,(H2,17,18,20). The van der Waals surface area contributed by atoms with Crippen molar-refractivity contribution in [3.63, 3.8) is 0 Å². The number of nitrogens with zero attached hydrogens (tertiary/aromatic N) is 2. The second-order valence-electron chi connectivity index (χ2n) is 6.19. The number of aromatic nitrogens is 1. The molecule has 1 aromatic heterocycles. The van der Waals surface area contributed by atoms with Crippen LogP contribution >= 0.6 is 11.3 Å². The van der Waals surface area contributed by atoms with Crippen LogP contribution in [-0.4, -0.2) is 31.1 Å². The molecule has 21 heavy (non-hydrogen) atoms. The summed E-state index contributed by atoms with van der Waals surface area (Å²) in [5.74, 6) is 0.912. The first-order valence-corrected chi connectivity index (χ1v) is 8.85. The lowest BCUT2D eigenvalue weighted by molar-refractivity contribution is 0.334. The van der Waals surface area contributed by atoms with Crippen molar-refractivity contribution >= 4 is 17.3 Å². The number of nitrogens with one attached hydrogen (secondary N) is 2. The van der Waals surface area contributed by atoms with Gasteiger partial charge in [0.2, 0.25) is 0 Å². The van der Waals surface area contributed by atoms with E-state index in [2.05, 4.69) is 34.5 Å². The molecule has 1 aromatic rings. The van der Waals surface area contributed by atoms with Gasteiger partial charge in [-0.25, -0.2) is 4.98 Å². The minimum atomic E-state index is 0.447. The third-order valence-electron chi connectivity index (χ3n) is 4.30. The molecule has 1 aliphatic rings. The summed E-state index contributed by atoms with van der Waals surface area (Å²) in [5.41, 5.74) is 0.447. The molecule has 0 amide bonds. The van der Waals surface area contributed by atoms with Crippen LogP contribution in [0.1, 0.15) is 49.4 Å². The van der Waals surface area contributed by atoms with Crippen LogP contribution in [0, 0.1) is 5.41 Å². The van der Waals surface area contributed by atoms with Crippen molar-refractivity contribution in [2.45, 2.75) is 52.4 Å². The van der Waals surface area contributed by atoms with E-state index in [9.17, 15) is 0 Å². The molecule has 0 aromatic carbocycles. The van der Waals surface area contributed by atoms with Crippen LogP contribution in [0.5, 0.6) is 0 Å². The second kappa shape index (κ2) is 7.78. The lowest BCUT2D eigenvalue weighted by atomic mass is 9.89. The highest BCUT2D eigenvalue weighted by molar-refractivity contribution is 7.11. The van der Waals surface area contributed by atoms with Gasteiger partial charge >= 0.3 is 0 Å². The molecule has 0 atom stereocenters. The number of thiazole rings is 1. The number of aryl methyl sites for hydroxylation is 1. The summed E-state index contributed by atoms with van der Waals surface area (Å²) in [5, 5.41) is 8.07. The Morgan fingerprint density at radius 1 is 1.38 bits per heavy atom. The lowest BCUT2D eigenvalue weighted by Crippen LogP contribution is -2.42. The number of hydrogen-bond acceptors (Lipinski definition) is 3. The number of aliphatic imine (C=N–C) groups is 1. The molecular weight excluding hydrogens is 280 g/mol. The van der Waals surface area contributed by atoms with Crippen molar-refractivity contribution < 1.29 is 0 Å². The van der Waals surface area contributed by atoms with Crippen LogP contribution < -0.4 is 10.6 Å². The van der Waals surface area contributed by atoms with Crippen LogP contribution in [0.2, 0.25) is 0 Å². The van der Waals surface area contributed by atoms with Crippen molar-refractivity contribution in [1.29, 1.82) is 0 Å². The topological polar surface area (TPSA) is 49.3 Å². The van der Waals surface area contributed by atoms with Gasteiger partial charge in [0.15, 0.2) is 5.96 Å². The van der Waals surface area contributed by atoms with E-state index in [-0.39, 0.29) is 0 Å². The molecule has 1 saturated carbocycles. The van der Waals surface area contributed by atoms with Gasteiger partial charge in [-0.1, -0.05) is 26.7 Å². The fourth-order valence-corrected chi connectivity index (χ4v) is 3.70. The maximum absolute atomic E-state index is 4.45. The van der Waals surface area contributed by atoms with Gasteiger partial charge in [0.1, 0.15) is 0 Å². The summed E-state index contributed by atoms with van der Waals surface area (Å²) in [6.07, 6.45) is 9.43. The van der Waals surface area contributed by atoms with Gasteiger partial charge in [0.25, 0.3) is 0 Å². The Labute approximate surface area is 132 Å². The summed E-state index contributed by atoms with van der Waals surface area (Å²) in [4.78, 5) is 10.1. The van der Waals surface area contributed by atoms with Crippen molar-refractivity contribution in [1.82, 2.24) is 15.6 Å². The zero-order chi connectivity index (χ0) is 15.1. The largest absolute Gasteiger partial charge is 0.356 e. The first-order valence-electron chi connectivity index (χ1n) is 8.03. The maximum Gasteiger partial charge on any atom is 0.191 e. The molecule has 2 N–H and O–H groups in total. The molecular formula is C16H28N4S. The highest BCUT2D eigenvalue weighted by atomic mass is 32.1. The molecule has 0 spiro atoms. The maximum atomic E-state index is 4.45. The SMILES string of the molecule is CCc1cnc(CCNC(=NC)NCC2(C)CCCC2)s1. The van der Waals surface area contributed by atoms with E-state index >= 15 is 0 Å². The van der Waals surface area contributed by atoms with Gasteiger partial charge in [-0.2, -0.15) is 0 Å². The van der Waals surface area contributed by atoms with E-state index in [1.54, 1.807) is 0 Å². The third-order valence-corrected chi connectivity index (χ3v) is 5.50. The van der Waals surface area contributed by atoms with Crippen molar-refractivity contribution in [2.75, 3.05) is 20.1 Å². The molecule has 118 valence electrons. The van der Waals surface area contributed by atoms with Gasteiger partial charge < -0.3 is 10.6 Å². The minimum absolute atomic E-state index is 0.447.